The van der Waals surface area contributed by atoms with Gasteiger partial charge in [-0.25, -0.2) is 4.98 Å². The minimum atomic E-state index is 0.435. The summed E-state index contributed by atoms with van der Waals surface area (Å²) >= 11 is 8.08. The van der Waals surface area contributed by atoms with E-state index in [9.17, 15) is 0 Å². The molecular weight excluding hydrogens is 266 g/mol. The van der Waals surface area contributed by atoms with E-state index in [0.29, 0.717) is 11.6 Å². The molecule has 2 aromatic rings. The highest BCUT2D eigenvalue weighted by molar-refractivity contribution is 7.09. The SMILES string of the molecule is CCN(Cc1cccs1)c1nccc(CN)c1Cl. The monoisotopic (exact) mass is 281 g/mol. The molecule has 0 saturated carbocycles. The zero-order valence-electron chi connectivity index (χ0n) is 10.3. The summed E-state index contributed by atoms with van der Waals surface area (Å²) in [4.78, 5) is 7.84. The lowest BCUT2D eigenvalue weighted by Crippen LogP contribution is -2.23. The third kappa shape index (κ3) is 2.83. The fourth-order valence-corrected chi connectivity index (χ4v) is 2.80. The quantitative estimate of drug-likeness (QED) is 0.914. The average molecular weight is 282 g/mol. The highest BCUT2D eigenvalue weighted by atomic mass is 35.5. The summed E-state index contributed by atoms with van der Waals surface area (Å²) in [5.74, 6) is 0.815. The highest BCUT2D eigenvalue weighted by Crippen LogP contribution is 2.28. The summed E-state index contributed by atoms with van der Waals surface area (Å²) in [5, 5.41) is 2.74. The Morgan fingerprint density at radius 1 is 1.44 bits per heavy atom. The molecule has 0 aliphatic carbocycles. The number of hydrogen-bond donors (Lipinski definition) is 1. The maximum Gasteiger partial charge on any atom is 0.147 e. The normalized spacial score (nSPS) is 10.6. The van der Waals surface area contributed by atoms with Crippen LogP contribution in [-0.2, 0) is 13.1 Å². The zero-order valence-corrected chi connectivity index (χ0v) is 11.8. The fourth-order valence-electron chi connectivity index (χ4n) is 1.78. The Morgan fingerprint density at radius 2 is 2.28 bits per heavy atom. The highest BCUT2D eigenvalue weighted by Gasteiger charge is 2.13. The predicted molar refractivity (Wildman–Crippen MR) is 78.2 cm³/mol. The van der Waals surface area contributed by atoms with Gasteiger partial charge in [0.25, 0.3) is 0 Å². The van der Waals surface area contributed by atoms with Crippen LogP contribution in [0.5, 0.6) is 0 Å². The minimum absolute atomic E-state index is 0.435. The molecule has 2 rings (SSSR count). The van der Waals surface area contributed by atoms with E-state index in [1.54, 1.807) is 17.5 Å². The first-order valence-corrected chi connectivity index (χ1v) is 7.12. The molecule has 96 valence electrons. The van der Waals surface area contributed by atoms with Crippen LogP contribution in [0.3, 0.4) is 0 Å². The Hall–Kier alpha value is -1.10. The summed E-state index contributed by atoms with van der Waals surface area (Å²) in [6.07, 6.45) is 1.76. The van der Waals surface area contributed by atoms with Crippen LogP contribution in [0.4, 0.5) is 5.82 Å². The first-order chi connectivity index (χ1) is 8.76. The minimum Gasteiger partial charge on any atom is -0.351 e. The van der Waals surface area contributed by atoms with E-state index in [2.05, 4.69) is 34.3 Å². The molecule has 18 heavy (non-hydrogen) atoms. The predicted octanol–water partition coefficient (Wildman–Crippen LogP) is 3.28. The lowest BCUT2D eigenvalue weighted by Gasteiger charge is -2.23. The van der Waals surface area contributed by atoms with Crippen LogP contribution in [0.15, 0.2) is 29.8 Å². The second-order valence-electron chi connectivity index (χ2n) is 3.91. The Morgan fingerprint density at radius 3 is 2.89 bits per heavy atom. The standard InChI is InChI=1S/C13H16ClN3S/c1-2-17(9-11-4-3-7-18-11)13-12(14)10(8-15)5-6-16-13/h3-7H,2,8-9,15H2,1H3. The summed E-state index contributed by atoms with van der Waals surface area (Å²) in [7, 11) is 0. The third-order valence-electron chi connectivity index (χ3n) is 2.78. The van der Waals surface area contributed by atoms with Crippen molar-refractivity contribution >= 4 is 28.8 Å². The Kier molecular flexibility index (Phi) is 4.58. The summed E-state index contributed by atoms with van der Waals surface area (Å²) in [5.41, 5.74) is 6.60. The summed E-state index contributed by atoms with van der Waals surface area (Å²) in [6, 6.07) is 6.04. The van der Waals surface area contributed by atoms with Gasteiger partial charge in [0.15, 0.2) is 0 Å². The number of nitrogens with two attached hydrogens (primary N) is 1. The largest absolute Gasteiger partial charge is 0.351 e. The second kappa shape index (κ2) is 6.18. The van der Waals surface area contributed by atoms with Crippen molar-refractivity contribution in [1.29, 1.82) is 0 Å². The fraction of sp³-hybridized carbons (Fsp3) is 0.308. The van der Waals surface area contributed by atoms with Gasteiger partial charge >= 0.3 is 0 Å². The number of rotatable bonds is 5. The molecule has 0 bridgehead atoms. The number of pyridine rings is 1. The second-order valence-corrected chi connectivity index (χ2v) is 5.32. The van der Waals surface area contributed by atoms with E-state index >= 15 is 0 Å². The van der Waals surface area contributed by atoms with Gasteiger partial charge in [0.1, 0.15) is 5.82 Å². The summed E-state index contributed by atoms with van der Waals surface area (Å²) in [6.45, 7) is 4.22. The number of anilines is 1. The molecule has 0 radical (unpaired) electrons. The zero-order chi connectivity index (χ0) is 13.0. The van der Waals surface area contributed by atoms with Crippen LogP contribution in [0, 0.1) is 0 Å². The van der Waals surface area contributed by atoms with Gasteiger partial charge in [-0.05, 0) is 30.0 Å². The maximum atomic E-state index is 6.34. The Labute approximate surface area is 116 Å². The van der Waals surface area contributed by atoms with Gasteiger partial charge in [-0.3, -0.25) is 0 Å². The van der Waals surface area contributed by atoms with E-state index in [-0.39, 0.29) is 0 Å². The molecule has 2 N–H and O–H groups in total. The van der Waals surface area contributed by atoms with Gasteiger partial charge in [0.2, 0.25) is 0 Å². The van der Waals surface area contributed by atoms with Crippen molar-refractivity contribution in [2.75, 3.05) is 11.4 Å². The topological polar surface area (TPSA) is 42.2 Å². The van der Waals surface area contributed by atoms with Crippen molar-refractivity contribution in [2.24, 2.45) is 5.73 Å². The van der Waals surface area contributed by atoms with Crippen LogP contribution < -0.4 is 10.6 Å². The molecule has 2 aromatic heterocycles. The molecule has 0 unspecified atom stereocenters. The molecule has 0 spiro atoms. The lowest BCUT2D eigenvalue weighted by molar-refractivity contribution is 0.821. The smallest absolute Gasteiger partial charge is 0.147 e. The van der Waals surface area contributed by atoms with Gasteiger partial charge in [-0.1, -0.05) is 17.7 Å². The Bertz CT molecular complexity index is 499. The van der Waals surface area contributed by atoms with E-state index in [0.717, 1.165) is 24.5 Å². The van der Waals surface area contributed by atoms with Gasteiger partial charge < -0.3 is 10.6 Å². The molecule has 0 saturated heterocycles. The summed E-state index contributed by atoms with van der Waals surface area (Å²) < 4.78 is 0. The third-order valence-corrected chi connectivity index (χ3v) is 4.05. The molecule has 5 heteroatoms. The van der Waals surface area contributed by atoms with Gasteiger partial charge in [0.05, 0.1) is 11.6 Å². The number of nitrogens with zero attached hydrogens (tertiary/aromatic N) is 2. The molecule has 2 heterocycles. The van der Waals surface area contributed by atoms with Crippen molar-refractivity contribution in [2.45, 2.75) is 20.0 Å². The first kappa shape index (κ1) is 13.3. The maximum absolute atomic E-state index is 6.34. The van der Waals surface area contributed by atoms with E-state index < -0.39 is 0 Å². The van der Waals surface area contributed by atoms with Crippen LogP contribution in [-0.4, -0.2) is 11.5 Å². The van der Waals surface area contributed by atoms with Gasteiger partial charge in [-0.2, -0.15) is 0 Å². The van der Waals surface area contributed by atoms with Crippen molar-refractivity contribution in [3.05, 3.63) is 45.2 Å². The van der Waals surface area contributed by atoms with Crippen LogP contribution in [0.1, 0.15) is 17.4 Å². The first-order valence-electron chi connectivity index (χ1n) is 5.87. The number of aromatic nitrogens is 1. The molecule has 0 amide bonds. The van der Waals surface area contributed by atoms with Gasteiger partial charge in [0, 0.05) is 24.2 Å². The van der Waals surface area contributed by atoms with Crippen LogP contribution in [0.25, 0.3) is 0 Å². The van der Waals surface area contributed by atoms with E-state index in [1.807, 2.05) is 6.07 Å². The molecule has 0 aromatic carbocycles. The molecular formula is C13H16ClN3S. The molecule has 0 aliphatic heterocycles. The van der Waals surface area contributed by atoms with Gasteiger partial charge in [-0.15, -0.1) is 11.3 Å². The number of halogens is 1. The number of hydrogen-bond acceptors (Lipinski definition) is 4. The number of thiophene rings is 1. The molecule has 0 fully saturated rings. The molecule has 0 aliphatic rings. The lowest BCUT2D eigenvalue weighted by atomic mass is 10.2. The van der Waals surface area contributed by atoms with Crippen molar-refractivity contribution in [3.8, 4) is 0 Å². The van der Waals surface area contributed by atoms with Crippen LogP contribution in [0.2, 0.25) is 5.02 Å². The van der Waals surface area contributed by atoms with Crippen molar-refractivity contribution in [3.63, 3.8) is 0 Å². The van der Waals surface area contributed by atoms with Crippen molar-refractivity contribution in [1.82, 2.24) is 4.98 Å². The average Bonchev–Trinajstić information content (AvgIpc) is 2.89. The Balaban J connectivity index is 2.27. The van der Waals surface area contributed by atoms with Crippen LogP contribution >= 0.6 is 22.9 Å². The molecule has 0 atom stereocenters. The van der Waals surface area contributed by atoms with E-state index in [4.69, 9.17) is 17.3 Å². The van der Waals surface area contributed by atoms with E-state index in [1.165, 1.54) is 4.88 Å². The molecule has 3 nitrogen and oxygen atoms in total. The van der Waals surface area contributed by atoms with Crippen molar-refractivity contribution < 1.29 is 0 Å².